The molecule has 1 aromatic carbocycles. The predicted molar refractivity (Wildman–Crippen MR) is 63.8 cm³/mol. The van der Waals surface area contributed by atoms with Gasteiger partial charge in [0, 0.05) is 5.56 Å². The topological polar surface area (TPSA) is 26.3 Å². The van der Waals surface area contributed by atoms with Crippen molar-refractivity contribution >= 4 is 5.97 Å². The van der Waals surface area contributed by atoms with Gasteiger partial charge in [0.25, 0.3) is 0 Å². The van der Waals surface area contributed by atoms with Crippen molar-refractivity contribution in [1.29, 1.82) is 0 Å². The highest BCUT2D eigenvalue weighted by Crippen LogP contribution is 2.34. The number of alkyl halides is 1. The first-order chi connectivity index (χ1) is 8.08. The van der Waals surface area contributed by atoms with Crippen LogP contribution < -0.4 is 0 Å². The summed E-state index contributed by atoms with van der Waals surface area (Å²) >= 11 is 0. The number of fused-ring (bicyclic) bond motifs is 1. The molecule has 0 aromatic heterocycles. The number of benzene rings is 1. The molecule has 1 aliphatic rings. The number of esters is 1. The summed E-state index contributed by atoms with van der Waals surface area (Å²) in [6.07, 6.45) is 0.996. The van der Waals surface area contributed by atoms with Gasteiger partial charge in [-0.25, -0.2) is 9.18 Å². The minimum Gasteiger partial charge on any atom is -0.454 e. The van der Waals surface area contributed by atoms with Gasteiger partial charge in [0.1, 0.15) is 6.10 Å². The molecule has 1 heterocycles. The molecule has 92 valence electrons. The van der Waals surface area contributed by atoms with E-state index in [4.69, 9.17) is 4.74 Å². The Hall–Kier alpha value is -1.38. The molecule has 0 N–H and O–H groups in total. The minimum absolute atomic E-state index is 0.183. The lowest BCUT2D eigenvalue weighted by atomic mass is 9.99. The van der Waals surface area contributed by atoms with Gasteiger partial charge in [-0.05, 0) is 39.2 Å². The molecule has 0 radical (unpaired) electrons. The second kappa shape index (κ2) is 4.86. The van der Waals surface area contributed by atoms with Crippen molar-refractivity contribution in [2.75, 3.05) is 0 Å². The van der Waals surface area contributed by atoms with Gasteiger partial charge in [-0.15, -0.1) is 0 Å². The van der Waals surface area contributed by atoms with Crippen LogP contribution in [0.1, 0.15) is 53.8 Å². The lowest BCUT2D eigenvalue weighted by Crippen LogP contribution is -2.00. The van der Waals surface area contributed by atoms with Crippen LogP contribution in [0.5, 0.6) is 0 Å². The summed E-state index contributed by atoms with van der Waals surface area (Å²) in [5, 5.41) is 0. The molecule has 1 aromatic rings. The van der Waals surface area contributed by atoms with Gasteiger partial charge in [0.05, 0.1) is 11.7 Å². The zero-order valence-corrected chi connectivity index (χ0v) is 10.2. The number of ether oxygens (including phenoxy) is 1. The molecule has 0 fully saturated rings. The van der Waals surface area contributed by atoms with E-state index in [1.807, 2.05) is 25.1 Å². The van der Waals surface area contributed by atoms with Gasteiger partial charge in [0.15, 0.2) is 0 Å². The Morgan fingerprint density at radius 1 is 1.47 bits per heavy atom. The monoisotopic (exact) mass is 236 g/mol. The van der Waals surface area contributed by atoms with Crippen LogP contribution in [-0.4, -0.2) is 12.1 Å². The molecule has 0 saturated carbocycles. The lowest BCUT2D eigenvalue weighted by Gasteiger charge is -2.10. The van der Waals surface area contributed by atoms with E-state index < -0.39 is 6.17 Å². The van der Waals surface area contributed by atoms with Gasteiger partial charge in [0.2, 0.25) is 0 Å². The number of hydrogen-bond donors (Lipinski definition) is 0. The van der Waals surface area contributed by atoms with Crippen molar-refractivity contribution in [3.8, 4) is 0 Å². The Balaban J connectivity index is 2.06. The molecule has 2 nitrogen and oxygen atoms in total. The van der Waals surface area contributed by atoms with E-state index in [9.17, 15) is 9.18 Å². The van der Waals surface area contributed by atoms with Crippen molar-refractivity contribution in [2.45, 2.75) is 45.4 Å². The first-order valence-electron chi connectivity index (χ1n) is 6.03. The molecule has 1 aliphatic heterocycles. The predicted octanol–water partition coefficient (Wildman–Crippen LogP) is 3.73. The van der Waals surface area contributed by atoms with Gasteiger partial charge in [-0.1, -0.05) is 17.7 Å². The highest BCUT2D eigenvalue weighted by Gasteiger charge is 2.30. The van der Waals surface area contributed by atoms with E-state index in [1.54, 1.807) is 6.92 Å². The first kappa shape index (κ1) is 12.1. The van der Waals surface area contributed by atoms with Gasteiger partial charge >= 0.3 is 5.97 Å². The zero-order chi connectivity index (χ0) is 12.4. The van der Waals surface area contributed by atoms with Crippen LogP contribution in [0.4, 0.5) is 4.39 Å². The molecule has 3 heteroatoms. The number of halogens is 1. The summed E-state index contributed by atoms with van der Waals surface area (Å²) in [5.74, 6) is -0.248. The van der Waals surface area contributed by atoms with E-state index >= 15 is 0 Å². The van der Waals surface area contributed by atoms with Crippen LogP contribution in [-0.2, 0) is 4.74 Å². The molecule has 0 saturated heterocycles. The van der Waals surface area contributed by atoms with Crippen LogP contribution in [0, 0.1) is 6.92 Å². The average Bonchev–Trinajstić information content (AvgIpc) is 2.55. The molecule has 0 bridgehead atoms. The molecular weight excluding hydrogens is 219 g/mol. The fourth-order valence-corrected chi connectivity index (χ4v) is 2.18. The second-order valence-corrected chi connectivity index (χ2v) is 4.70. The van der Waals surface area contributed by atoms with Crippen molar-refractivity contribution in [2.24, 2.45) is 0 Å². The van der Waals surface area contributed by atoms with E-state index in [0.717, 1.165) is 17.5 Å². The van der Waals surface area contributed by atoms with Crippen LogP contribution >= 0.6 is 0 Å². The maximum atomic E-state index is 12.7. The van der Waals surface area contributed by atoms with Crippen molar-refractivity contribution in [3.63, 3.8) is 0 Å². The standard InChI is InChI=1S/C14H17FO2/c1-9-6-7-11-12(8-9)14(16)17-13(11)5-3-4-10(2)15/h6-8,10,13H,3-5H2,1-2H3. The van der Waals surface area contributed by atoms with Crippen LogP contribution in [0.2, 0.25) is 0 Å². The first-order valence-corrected chi connectivity index (χ1v) is 6.03. The number of rotatable bonds is 4. The van der Waals surface area contributed by atoms with E-state index in [2.05, 4.69) is 0 Å². The Bertz CT molecular complexity index is 426. The third kappa shape index (κ3) is 2.65. The quantitative estimate of drug-likeness (QED) is 0.744. The smallest absolute Gasteiger partial charge is 0.339 e. The summed E-state index contributed by atoms with van der Waals surface area (Å²) in [6, 6.07) is 5.78. The van der Waals surface area contributed by atoms with Crippen LogP contribution in [0.3, 0.4) is 0 Å². The average molecular weight is 236 g/mol. The molecule has 17 heavy (non-hydrogen) atoms. The largest absolute Gasteiger partial charge is 0.454 e. The zero-order valence-electron chi connectivity index (χ0n) is 10.2. The minimum atomic E-state index is -0.787. The number of aryl methyl sites for hydroxylation is 1. The number of carbonyl (C=O) groups is 1. The molecule has 0 spiro atoms. The van der Waals surface area contributed by atoms with Gasteiger partial charge < -0.3 is 4.74 Å². The number of cyclic esters (lactones) is 1. The maximum absolute atomic E-state index is 12.7. The normalized spacial score (nSPS) is 19.9. The molecule has 2 atom stereocenters. The number of hydrogen-bond acceptors (Lipinski definition) is 2. The van der Waals surface area contributed by atoms with Crippen molar-refractivity contribution in [1.82, 2.24) is 0 Å². The summed E-state index contributed by atoms with van der Waals surface area (Å²) < 4.78 is 18.0. The van der Waals surface area contributed by atoms with E-state index in [-0.39, 0.29) is 12.1 Å². The third-order valence-corrected chi connectivity index (χ3v) is 3.09. The van der Waals surface area contributed by atoms with Crippen molar-refractivity contribution < 1.29 is 13.9 Å². The fraction of sp³-hybridized carbons (Fsp3) is 0.500. The highest BCUT2D eigenvalue weighted by molar-refractivity contribution is 5.94. The maximum Gasteiger partial charge on any atom is 0.339 e. The number of carbonyl (C=O) groups excluding carboxylic acids is 1. The van der Waals surface area contributed by atoms with E-state index in [1.165, 1.54) is 0 Å². The molecule has 0 aliphatic carbocycles. The summed E-state index contributed by atoms with van der Waals surface area (Å²) in [5.41, 5.74) is 2.68. The van der Waals surface area contributed by atoms with Gasteiger partial charge in [-0.3, -0.25) is 0 Å². The Morgan fingerprint density at radius 3 is 2.94 bits per heavy atom. The lowest BCUT2D eigenvalue weighted by molar-refractivity contribution is 0.0361. The van der Waals surface area contributed by atoms with Crippen LogP contribution in [0.25, 0.3) is 0 Å². The summed E-state index contributed by atoms with van der Waals surface area (Å²) in [7, 11) is 0. The molecule has 2 unspecified atom stereocenters. The summed E-state index contributed by atoms with van der Waals surface area (Å²) in [6.45, 7) is 3.50. The highest BCUT2D eigenvalue weighted by atomic mass is 19.1. The molecule has 0 amide bonds. The molecular formula is C14H17FO2. The Kier molecular flexibility index (Phi) is 3.46. The second-order valence-electron chi connectivity index (χ2n) is 4.70. The van der Waals surface area contributed by atoms with Gasteiger partial charge in [-0.2, -0.15) is 0 Å². The van der Waals surface area contributed by atoms with Crippen LogP contribution in [0.15, 0.2) is 18.2 Å². The molecule has 2 rings (SSSR count). The van der Waals surface area contributed by atoms with Crippen molar-refractivity contribution in [3.05, 3.63) is 34.9 Å². The SMILES string of the molecule is Cc1ccc2c(c1)C(=O)OC2CCCC(C)F. The Morgan fingerprint density at radius 2 is 2.24 bits per heavy atom. The third-order valence-electron chi connectivity index (χ3n) is 3.09. The van der Waals surface area contributed by atoms with E-state index in [0.29, 0.717) is 18.4 Å². The Labute approximate surface area is 101 Å². The summed E-state index contributed by atoms with van der Waals surface area (Å²) in [4.78, 5) is 11.6. The fourth-order valence-electron chi connectivity index (χ4n) is 2.18.